The number of carbonyl (C=O) groups excluding carboxylic acids is 1. The molecular formula is C18H26N4O2. The topological polar surface area (TPSA) is 82.2 Å². The van der Waals surface area contributed by atoms with Crippen LogP contribution >= 0.6 is 0 Å². The molecule has 0 saturated heterocycles. The number of imidazole rings is 1. The molecule has 2 rings (SSSR count). The third-order valence-corrected chi connectivity index (χ3v) is 3.63. The van der Waals surface area contributed by atoms with E-state index in [4.69, 9.17) is 10.5 Å². The van der Waals surface area contributed by atoms with Crippen LogP contribution in [0.3, 0.4) is 0 Å². The molecule has 3 N–H and O–H groups in total. The highest BCUT2D eigenvalue weighted by Gasteiger charge is 2.15. The normalized spacial score (nSPS) is 12.1. The van der Waals surface area contributed by atoms with Gasteiger partial charge in [0.2, 0.25) is 5.91 Å². The lowest BCUT2D eigenvalue weighted by molar-refractivity contribution is -0.122. The monoisotopic (exact) mass is 330 g/mol. The molecule has 1 heterocycles. The molecular weight excluding hydrogens is 304 g/mol. The van der Waals surface area contributed by atoms with Crippen LogP contribution in [0.4, 0.5) is 0 Å². The zero-order valence-corrected chi connectivity index (χ0v) is 14.1. The summed E-state index contributed by atoms with van der Waals surface area (Å²) in [4.78, 5) is 16.3. The lowest BCUT2D eigenvalue weighted by Gasteiger charge is -2.11. The minimum atomic E-state index is -0.586. The predicted molar refractivity (Wildman–Crippen MR) is 93.6 cm³/mol. The van der Waals surface area contributed by atoms with E-state index >= 15 is 0 Å². The van der Waals surface area contributed by atoms with E-state index in [1.54, 1.807) is 6.33 Å². The maximum absolute atomic E-state index is 12.0. The van der Waals surface area contributed by atoms with Crippen LogP contribution in [0.2, 0.25) is 0 Å². The Kier molecular flexibility index (Phi) is 7.45. The molecule has 6 heteroatoms. The number of nitrogens with two attached hydrogens (primary N) is 1. The number of nitrogens with zero attached hydrogens (tertiary/aromatic N) is 2. The molecule has 6 nitrogen and oxygen atoms in total. The minimum absolute atomic E-state index is 0.149. The first-order chi connectivity index (χ1) is 11.7. The summed E-state index contributed by atoms with van der Waals surface area (Å²) in [5, 5.41) is 2.83. The molecule has 0 aliphatic heterocycles. The van der Waals surface area contributed by atoms with Gasteiger partial charge in [0.15, 0.2) is 0 Å². The van der Waals surface area contributed by atoms with Gasteiger partial charge in [-0.3, -0.25) is 4.79 Å². The Morgan fingerprint density at radius 1 is 1.38 bits per heavy atom. The summed E-state index contributed by atoms with van der Waals surface area (Å²) in [5.41, 5.74) is 7.99. The molecule has 0 saturated carbocycles. The van der Waals surface area contributed by atoms with Gasteiger partial charge in [-0.15, -0.1) is 0 Å². The third-order valence-electron chi connectivity index (χ3n) is 3.63. The maximum atomic E-state index is 12.0. The average Bonchev–Trinajstić information content (AvgIpc) is 3.02. The van der Waals surface area contributed by atoms with Crippen LogP contribution < -0.4 is 11.1 Å². The fourth-order valence-electron chi connectivity index (χ4n) is 2.37. The smallest absolute Gasteiger partial charge is 0.237 e. The van der Waals surface area contributed by atoms with Crippen molar-refractivity contribution in [3.05, 3.63) is 54.1 Å². The van der Waals surface area contributed by atoms with Crippen LogP contribution in [0.5, 0.6) is 0 Å². The Morgan fingerprint density at radius 3 is 2.92 bits per heavy atom. The van der Waals surface area contributed by atoms with Crippen molar-refractivity contribution in [2.75, 3.05) is 19.8 Å². The molecule has 0 aliphatic rings. The zero-order chi connectivity index (χ0) is 17.2. The predicted octanol–water partition coefficient (Wildman–Crippen LogP) is 1.34. The third kappa shape index (κ3) is 6.14. The number of rotatable bonds is 10. The highest BCUT2D eigenvalue weighted by atomic mass is 16.5. The van der Waals surface area contributed by atoms with Crippen molar-refractivity contribution in [2.24, 2.45) is 5.73 Å². The average molecular weight is 330 g/mol. The Morgan fingerprint density at radius 2 is 2.17 bits per heavy atom. The molecule has 1 atom stereocenters. The Balaban J connectivity index is 1.75. The van der Waals surface area contributed by atoms with Crippen molar-refractivity contribution in [1.29, 1.82) is 0 Å². The van der Waals surface area contributed by atoms with E-state index in [2.05, 4.69) is 22.4 Å². The van der Waals surface area contributed by atoms with E-state index in [9.17, 15) is 4.79 Å². The van der Waals surface area contributed by atoms with Gasteiger partial charge in [-0.2, -0.15) is 0 Å². The minimum Gasteiger partial charge on any atom is -0.382 e. The van der Waals surface area contributed by atoms with E-state index in [1.807, 2.05) is 35.9 Å². The van der Waals surface area contributed by atoms with Gasteiger partial charge in [0.05, 0.1) is 18.1 Å². The molecule has 0 radical (unpaired) electrons. The fraction of sp³-hybridized carbons (Fsp3) is 0.444. The summed E-state index contributed by atoms with van der Waals surface area (Å²) in [7, 11) is 0. The highest BCUT2D eigenvalue weighted by Crippen LogP contribution is 2.05. The first-order valence-electron chi connectivity index (χ1n) is 8.34. The van der Waals surface area contributed by atoms with Gasteiger partial charge in [0.1, 0.15) is 0 Å². The zero-order valence-electron chi connectivity index (χ0n) is 14.1. The summed E-state index contributed by atoms with van der Waals surface area (Å²) >= 11 is 0. The molecule has 1 amide bonds. The molecule has 24 heavy (non-hydrogen) atoms. The van der Waals surface area contributed by atoms with Crippen molar-refractivity contribution in [3.8, 4) is 0 Å². The van der Waals surface area contributed by atoms with Crippen LogP contribution in [0.1, 0.15) is 24.6 Å². The first-order valence-corrected chi connectivity index (χ1v) is 8.34. The SMILES string of the molecule is CCOCCCNC(=O)[C@@H](N)Cc1cn(Cc2ccccc2)cn1. The van der Waals surface area contributed by atoms with E-state index in [0.29, 0.717) is 26.2 Å². The molecule has 0 spiro atoms. The van der Waals surface area contributed by atoms with Crippen LogP contribution in [0.25, 0.3) is 0 Å². The Labute approximate surface area is 143 Å². The number of aromatic nitrogens is 2. The quantitative estimate of drug-likeness (QED) is 0.644. The molecule has 1 aromatic carbocycles. The van der Waals surface area contributed by atoms with E-state index in [-0.39, 0.29) is 5.91 Å². The maximum Gasteiger partial charge on any atom is 0.237 e. The molecule has 0 fully saturated rings. The van der Waals surface area contributed by atoms with Gasteiger partial charge >= 0.3 is 0 Å². The summed E-state index contributed by atoms with van der Waals surface area (Å²) in [6.07, 6.45) is 4.93. The highest BCUT2D eigenvalue weighted by molar-refractivity contribution is 5.81. The van der Waals surface area contributed by atoms with Crippen LogP contribution in [0, 0.1) is 0 Å². The molecule has 0 unspecified atom stereocenters. The molecule has 2 aromatic rings. The molecule has 0 aliphatic carbocycles. The summed E-state index contributed by atoms with van der Waals surface area (Å²) < 4.78 is 7.23. The van der Waals surface area contributed by atoms with Crippen molar-refractivity contribution in [2.45, 2.75) is 32.4 Å². The number of hydrogen-bond acceptors (Lipinski definition) is 4. The number of amides is 1. The second-order valence-electron chi connectivity index (χ2n) is 5.68. The number of ether oxygens (including phenoxy) is 1. The van der Waals surface area contributed by atoms with E-state index < -0.39 is 6.04 Å². The van der Waals surface area contributed by atoms with Gasteiger partial charge in [0.25, 0.3) is 0 Å². The summed E-state index contributed by atoms with van der Waals surface area (Å²) in [6, 6.07) is 9.58. The van der Waals surface area contributed by atoms with Gasteiger partial charge in [-0.25, -0.2) is 4.98 Å². The van der Waals surface area contributed by atoms with Crippen molar-refractivity contribution in [1.82, 2.24) is 14.9 Å². The molecule has 0 bridgehead atoms. The fourth-order valence-corrected chi connectivity index (χ4v) is 2.37. The van der Waals surface area contributed by atoms with Crippen molar-refractivity contribution in [3.63, 3.8) is 0 Å². The van der Waals surface area contributed by atoms with E-state index in [0.717, 1.165) is 18.7 Å². The lowest BCUT2D eigenvalue weighted by Crippen LogP contribution is -2.42. The van der Waals surface area contributed by atoms with Crippen LogP contribution in [-0.2, 0) is 22.5 Å². The van der Waals surface area contributed by atoms with Gasteiger partial charge in [0, 0.05) is 38.9 Å². The van der Waals surface area contributed by atoms with Crippen molar-refractivity contribution >= 4 is 5.91 Å². The largest absolute Gasteiger partial charge is 0.382 e. The second kappa shape index (κ2) is 9.85. The number of hydrogen-bond donors (Lipinski definition) is 2. The van der Waals surface area contributed by atoms with Crippen LogP contribution in [-0.4, -0.2) is 41.3 Å². The number of carbonyl (C=O) groups is 1. The van der Waals surface area contributed by atoms with Gasteiger partial charge < -0.3 is 20.4 Å². The van der Waals surface area contributed by atoms with Crippen LogP contribution in [0.15, 0.2) is 42.9 Å². The summed E-state index contributed by atoms with van der Waals surface area (Å²) in [6.45, 7) is 4.63. The standard InChI is InChI=1S/C18H26N4O2/c1-2-24-10-6-9-20-18(23)17(19)11-16-13-22(14-21-16)12-15-7-4-3-5-8-15/h3-5,7-8,13-14,17H,2,6,9-12,19H2,1H3,(H,20,23)/t17-/m0/s1. The van der Waals surface area contributed by atoms with Crippen molar-refractivity contribution < 1.29 is 9.53 Å². The first kappa shape index (κ1) is 18.2. The molecule has 1 aromatic heterocycles. The Bertz CT molecular complexity index is 612. The number of benzene rings is 1. The van der Waals surface area contributed by atoms with Gasteiger partial charge in [-0.1, -0.05) is 30.3 Å². The lowest BCUT2D eigenvalue weighted by atomic mass is 10.1. The summed E-state index contributed by atoms with van der Waals surface area (Å²) in [5.74, 6) is -0.149. The Hall–Kier alpha value is -2.18. The van der Waals surface area contributed by atoms with E-state index in [1.165, 1.54) is 5.56 Å². The van der Waals surface area contributed by atoms with Gasteiger partial charge in [-0.05, 0) is 18.9 Å². The number of nitrogens with one attached hydrogen (secondary N) is 1. The molecule has 130 valence electrons. The second-order valence-corrected chi connectivity index (χ2v) is 5.68.